The molecule has 2 aliphatic carbocycles. The molecule has 0 aliphatic heterocycles. The van der Waals surface area contributed by atoms with Crippen LogP contribution in [0.4, 0.5) is 0 Å². The molecule has 0 heterocycles. The van der Waals surface area contributed by atoms with Crippen molar-refractivity contribution in [1.82, 2.24) is 0 Å². The van der Waals surface area contributed by atoms with Crippen LogP contribution < -0.4 is 0 Å². The van der Waals surface area contributed by atoms with Gasteiger partial charge in [0.15, 0.2) is 5.78 Å². The molecule has 1 aromatic rings. The molecule has 156 valence electrons. The predicted octanol–water partition coefficient (Wildman–Crippen LogP) is 6.22. The maximum atomic E-state index is 13.3. The third-order valence-electron chi connectivity index (χ3n) is 6.14. The number of benzene rings is 1. The van der Waals surface area contributed by atoms with Crippen LogP contribution in [0.25, 0.3) is 0 Å². The van der Waals surface area contributed by atoms with Crippen molar-refractivity contribution in [3.63, 3.8) is 0 Å². The minimum Gasteiger partial charge on any atom is -0.465 e. The summed E-state index contributed by atoms with van der Waals surface area (Å²) in [6.45, 7) is 2.00. The zero-order valence-corrected chi connectivity index (χ0v) is 18.3. The van der Waals surface area contributed by atoms with E-state index in [0.717, 1.165) is 32.1 Å². The van der Waals surface area contributed by atoms with Crippen LogP contribution in [0.2, 0.25) is 10.0 Å². The lowest BCUT2D eigenvalue weighted by atomic mass is 9.71. The first-order valence-corrected chi connectivity index (χ1v) is 11.2. The van der Waals surface area contributed by atoms with E-state index in [1.807, 2.05) is 0 Å². The van der Waals surface area contributed by atoms with E-state index < -0.39 is 11.9 Å². The first-order valence-electron chi connectivity index (χ1n) is 10.5. The fraction of sp³-hybridized carbons (Fsp3) is 0.500. The highest BCUT2D eigenvalue weighted by Crippen LogP contribution is 2.38. The fourth-order valence-electron chi connectivity index (χ4n) is 4.53. The number of hydrogen-bond donors (Lipinski definition) is 0. The van der Waals surface area contributed by atoms with Crippen LogP contribution in [-0.4, -0.2) is 18.4 Å². The molecule has 2 unspecified atom stereocenters. The Labute approximate surface area is 183 Å². The molecule has 0 spiro atoms. The monoisotopic (exact) mass is 434 g/mol. The smallest absolute Gasteiger partial charge is 0.316 e. The molecule has 0 saturated heterocycles. The normalized spacial score (nSPS) is 24.9. The van der Waals surface area contributed by atoms with Crippen molar-refractivity contribution in [2.45, 2.75) is 45.4 Å². The van der Waals surface area contributed by atoms with E-state index in [9.17, 15) is 9.59 Å². The summed E-state index contributed by atoms with van der Waals surface area (Å²) in [6, 6.07) is 5.12. The quantitative estimate of drug-likeness (QED) is 0.377. The predicted molar refractivity (Wildman–Crippen MR) is 117 cm³/mol. The first-order chi connectivity index (χ1) is 14.0. The lowest BCUT2D eigenvalue weighted by Crippen LogP contribution is -2.35. The molecule has 1 aromatic carbocycles. The van der Waals surface area contributed by atoms with Crippen LogP contribution in [0.15, 0.2) is 42.5 Å². The van der Waals surface area contributed by atoms with E-state index in [4.69, 9.17) is 27.9 Å². The number of ether oxygens (including phenoxy) is 1. The van der Waals surface area contributed by atoms with Gasteiger partial charge < -0.3 is 4.74 Å². The average Bonchev–Trinajstić information content (AvgIpc) is 2.74. The Bertz CT molecular complexity index is 791. The Morgan fingerprint density at radius 2 is 1.90 bits per heavy atom. The highest BCUT2D eigenvalue weighted by molar-refractivity contribution is 6.33. The van der Waals surface area contributed by atoms with Gasteiger partial charge in [-0.25, -0.2) is 0 Å². The fourth-order valence-corrected chi connectivity index (χ4v) is 4.92. The van der Waals surface area contributed by atoms with Crippen molar-refractivity contribution >= 4 is 35.0 Å². The zero-order chi connectivity index (χ0) is 20.8. The Morgan fingerprint density at radius 3 is 2.55 bits per heavy atom. The van der Waals surface area contributed by atoms with E-state index in [0.29, 0.717) is 27.4 Å². The van der Waals surface area contributed by atoms with Crippen LogP contribution in [-0.2, 0) is 20.7 Å². The number of Topliss-reactive ketones (excluding diaryl/α,β-unsaturated/α-hetero) is 1. The van der Waals surface area contributed by atoms with Gasteiger partial charge in [-0.2, -0.15) is 0 Å². The molecule has 0 radical (unpaired) electrons. The second-order valence-corrected chi connectivity index (χ2v) is 8.81. The molecule has 0 amide bonds. The molecule has 5 heteroatoms. The number of allylic oxidation sites excluding steroid dienone is 4. The number of hydrogen-bond acceptors (Lipinski definition) is 3. The van der Waals surface area contributed by atoms with Gasteiger partial charge in [0, 0.05) is 16.0 Å². The molecule has 2 aliphatic rings. The van der Waals surface area contributed by atoms with E-state index in [2.05, 4.69) is 24.3 Å². The molecule has 3 nitrogen and oxygen atoms in total. The second kappa shape index (κ2) is 10.4. The van der Waals surface area contributed by atoms with Gasteiger partial charge in [0.05, 0.1) is 6.61 Å². The van der Waals surface area contributed by atoms with Gasteiger partial charge in [0.25, 0.3) is 0 Å². The van der Waals surface area contributed by atoms with E-state index in [1.54, 1.807) is 25.1 Å². The lowest BCUT2D eigenvalue weighted by molar-refractivity contribution is -0.153. The van der Waals surface area contributed by atoms with Crippen LogP contribution in [0.1, 0.15) is 44.6 Å². The Balaban J connectivity index is 1.68. The average molecular weight is 435 g/mol. The zero-order valence-electron chi connectivity index (χ0n) is 16.8. The molecule has 0 bridgehead atoms. The molecule has 2 atom stereocenters. The molecular formula is C24H28Cl2O3. The van der Waals surface area contributed by atoms with Crippen molar-refractivity contribution in [2.75, 3.05) is 6.61 Å². The largest absolute Gasteiger partial charge is 0.465 e. The summed E-state index contributed by atoms with van der Waals surface area (Å²) in [5.74, 6) is -0.217. The topological polar surface area (TPSA) is 43.4 Å². The van der Waals surface area contributed by atoms with Crippen LogP contribution in [0, 0.1) is 23.7 Å². The van der Waals surface area contributed by atoms with Gasteiger partial charge in [-0.1, -0.05) is 47.5 Å². The lowest BCUT2D eigenvalue weighted by Gasteiger charge is -2.33. The van der Waals surface area contributed by atoms with E-state index in [1.165, 1.54) is 0 Å². The number of carbonyl (C=O) groups excluding carboxylic acids is 2. The minimum absolute atomic E-state index is 0.0166. The summed E-state index contributed by atoms with van der Waals surface area (Å²) < 4.78 is 5.22. The van der Waals surface area contributed by atoms with Gasteiger partial charge >= 0.3 is 5.97 Å². The van der Waals surface area contributed by atoms with Crippen LogP contribution >= 0.6 is 23.2 Å². The van der Waals surface area contributed by atoms with Gasteiger partial charge in [0.1, 0.15) is 5.92 Å². The number of esters is 1. The first kappa shape index (κ1) is 22.1. The Morgan fingerprint density at radius 1 is 1.14 bits per heavy atom. The summed E-state index contributed by atoms with van der Waals surface area (Å²) in [6.07, 6.45) is 13.7. The summed E-state index contributed by atoms with van der Waals surface area (Å²) in [5.41, 5.74) is 0.707. The van der Waals surface area contributed by atoms with Crippen molar-refractivity contribution in [3.05, 3.63) is 58.1 Å². The molecule has 1 saturated carbocycles. The SMILES string of the molecule is CCOC(=O)C(Cc1cc(Cl)ccc1Cl)C(=O)[C@H]1CC[C@H](C2C=CC=CC2)CC1. The number of ketones is 1. The van der Waals surface area contributed by atoms with Gasteiger partial charge in [-0.05, 0) is 81.0 Å². The molecular weight excluding hydrogens is 407 g/mol. The molecule has 3 rings (SSSR count). The molecule has 1 fully saturated rings. The van der Waals surface area contributed by atoms with Gasteiger partial charge in [-0.3, -0.25) is 9.59 Å². The second-order valence-electron chi connectivity index (χ2n) is 7.97. The van der Waals surface area contributed by atoms with E-state index in [-0.39, 0.29) is 24.7 Å². The van der Waals surface area contributed by atoms with Gasteiger partial charge in [-0.15, -0.1) is 0 Å². The third-order valence-corrected chi connectivity index (χ3v) is 6.74. The standard InChI is InChI=1S/C24H28Cl2O3/c1-2-29-24(28)21(15-19-14-20(25)12-13-22(19)26)23(27)18-10-8-17(9-11-18)16-6-4-3-5-7-16/h3-6,12-14,16-18,21H,2,7-11,15H2,1H3/t16?,17-,18-,21?. The van der Waals surface area contributed by atoms with Crippen molar-refractivity contribution in [1.29, 1.82) is 0 Å². The van der Waals surface area contributed by atoms with Crippen LogP contribution in [0.5, 0.6) is 0 Å². The molecule has 0 aromatic heterocycles. The Kier molecular flexibility index (Phi) is 7.97. The highest BCUT2D eigenvalue weighted by atomic mass is 35.5. The van der Waals surface area contributed by atoms with Crippen molar-refractivity contribution in [3.8, 4) is 0 Å². The van der Waals surface area contributed by atoms with Crippen molar-refractivity contribution < 1.29 is 14.3 Å². The van der Waals surface area contributed by atoms with Crippen LogP contribution in [0.3, 0.4) is 0 Å². The van der Waals surface area contributed by atoms with Gasteiger partial charge in [0.2, 0.25) is 0 Å². The summed E-state index contributed by atoms with van der Waals surface area (Å²) >= 11 is 12.4. The van der Waals surface area contributed by atoms with E-state index >= 15 is 0 Å². The molecule has 0 N–H and O–H groups in total. The number of carbonyl (C=O) groups is 2. The Hall–Kier alpha value is -1.58. The number of halogens is 2. The molecule has 29 heavy (non-hydrogen) atoms. The minimum atomic E-state index is -0.829. The summed E-state index contributed by atoms with van der Waals surface area (Å²) in [7, 11) is 0. The highest BCUT2D eigenvalue weighted by Gasteiger charge is 2.37. The maximum Gasteiger partial charge on any atom is 0.316 e. The summed E-state index contributed by atoms with van der Waals surface area (Å²) in [5, 5.41) is 1.05. The third kappa shape index (κ3) is 5.73. The summed E-state index contributed by atoms with van der Waals surface area (Å²) in [4.78, 5) is 25.9. The number of rotatable bonds is 7. The maximum absolute atomic E-state index is 13.3. The van der Waals surface area contributed by atoms with Crippen molar-refractivity contribution in [2.24, 2.45) is 23.7 Å².